The van der Waals surface area contributed by atoms with Crippen LogP contribution in [0.4, 0.5) is 4.39 Å². The number of phenolic OH excluding ortho intramolecular Hbond substituents is 1. The fourth-order valence-corrected chi connectivity index (χ4v) is 4.10. The first-order chi connectivity index (χ1) is 10.1. The SMILES string of the molecule is CC1(C)CC(C)(C)c2cc(-c3cccc(Cl)c3O)c(F)cc21. The molecule has 0 saturated carbocycles. The van der Waals surface area contributed by atoms with Crippen molar-refractivity contribution >= 4 is 11.6 Å². The molecule has 116 valence electrons. The van der Waals surface area contributed by atoms with E-state index < -0.39 is 0 Å². The summed E-state index contributed by atoms with van der Waals surface area (Å²) in [4.78, 5) is 0. The van der Waals surface area contributed by atoms with Crippen LogP contribution in [-0.4, -0.2) is 5.11 Å². The fourth-order valence-electron chi connectivity index (χ4n) is 3.93. The third-order valence-corrected chi connectivity index (χ3v) is 5.03. The largest absolute Gasteiger partial charge is 0.506 e. The number of hydrogen-bond acceptors (Lipinski definition) is 1. The Morgan fingerprint density at radius 2 is 1.59 bits per heavy atom. The van der Waals surface area contributed by atoms with Crippen LogP contribution < -0.4 is 0 Å². The van der Waals surface area contributed by atoms with Gasteiger partial charge in [-0.3, -0.25) is 0 Å². The second-order valence-electron chi connectivity index (χ2n) is 7.46. The monoisotopic (exact) mass is 318 g/mol. The Bertz CT molecular complexity index is 762. The van der Waals surface area contributed by atoms with E-state index in [9.17, 15) is 9.50 Å². The Morgan fingerprint density at radius 1 is 1.00 bits per heavy atom. The number of rotatable bonds is 1. The van der Waals surface area contributed by atoms with Crippen LogP contribution in [0.2, 0.25) is 5.02 Å². The molecule has 3 rings (SSSR count). The molecule has 0 radical (unpaired) electrons. The predicted molar refractivity (Wildman–Crippen MR) is 89.2 cm³/mol. The minimum absolute atomic E-state index is 0.0184. The summed E-state index contributed by atoms with van der Waals surface area (Å²) in [5, 5.41) is 10.4. The van der Waals surface area contributed by atoms with Crippen molar-refractivity contribution in [3.8, 4) is 16.9 Å². The van der Waals surface area contributed by atoms with E-state index in [1.54, 1.807) is 24.3 Å². The van der Waals surface area contributed by atoms with Gasteiger partial charge >= 0.3 is 0 Å². The third kappa shape index (κ3) is 2.21. The molecule has 3 heteroatoms. The van der Waals surface area contributed by atoms with Crippen LogP contribution >= 0.6 is 11.6 Å². The van der Waals surface area contributed by atoms with Gasteiger partial charge in [-0.2, -0.15) is 0 Å². The molecule has 0 spiro atoms. The van der Waals surface area contributed by atoms with E-state index in [2.05, 4.69) is 27.7 Å². The van der Waals surface area contributed by atoms with Crippen molar-refractivity contribution in [3.63, 3.8) is 0 Å². The summed E-state index contributed by atoms with van der Waals surface area (Å²) in [6, 6.07) is 8.52. The molecule has 0 aromatic heterocycles. The number of hydrogen-bond donors (Lipinski definition) is 1. The van der Waals surface area contributed by atoms with Crippen LogP contribution in [0.5, 0.6) is 5.75 Å². The maximum atomic E-state index is 14.7. The Morgan fingerprint density at radius 3 is 2.23 bits per heavy atom. The van der Waals surface area contributed by atoms with Crippen molar-refractivity contribution in [1.29, 1.82) is 0 Å². The van der Waals surface area contributed by atoms with Crippen LogP contribution in [0.15, 0.2) is 30.3 Å². The van der Waals surface area contributed by atoms with E-state index in [0.717, 1.165) is 17.5 Å². The molecule has 0 aliphatic heterocycles. The van der Waals surface area contributed by atoms with Crippen LogP contribution in [-0.2, 0) is 10.8 Å². The first-order valence-corrected chi connectivity index (χ1v) is 7.84. The molecule has 2 aromatic carbocycles. The molecule has 0 atom stereocenters. The molecule has 0 fully saturated rings. The minimum atomic E-state index is -0.318. The number of fused-ring (bicyclic) bond motifs is 1. The number of phenols is 1. The summed E-state index contributed by atoms with van der Waals surface area (Å²) < 4.78 is 14.7. The number of halogens is 2. The van der Waals surface area contributed by atoms with Gasteiger partial charge < -0.3 is 5.11 Å². The maximum Gasteiger partial charge on any atom is 0.142 e. The van der Waals surface area contributed by atoms with Crippen molar-refractivity contribution in [2.24, 2.45) is 0 Å². The summed E-state index contributed by atoms with van der Waals surface area (Å²) in [5.41, 5.74) is 2.98. The highest BCUT2D eigenvalue weighted by molar-refractivity contribution is 6.32. The molecule has 0 heterocycles. The van der Waals surface area contributed by atoms with Crippen LogP contribution in [0.3, 0.4) is 0 Å². The molecule has 1 N–H and O–H groups in total. The van der Waals surface area contributed by atoms with Gasteiger partial charge in [-0.05, 0) is 46.6 Å². The van der Waals surface area contributed by atoms with Crippen LogP contribution in [0.25, 0.3) is 11.1 Å². The molecular weight excluding hydrogens is 299 g/mol. The lowest BCUT2D eigenvalue weighted by Crippen LogP contribution is -2.17. The van der Waals surface area contributed by atoms with Gasteiger partial charge in [0.15, 0.2) is 0 Å². The van der Waals surface area contributed by atoms with Crippen molar-refractivity contribution in [2.75, 3.05) is 0 Å². The highest BCUT2D eigenvalue weighted by atomic mass is 35.5. The predicted octanol–water partition coefficient (Wildman–Crippen LogP) is 5.81. The second kappa shape index (κ2) is 4.73. The standard InChI is InChI=1S/C19H20ClFO/c1-18(2)10-19(3,4)14-9-16(21)12(8-13(14)18)11-6-5-7-15(20)17(11)22/h5-9,22H,10H2,1-4H3. The summed E-state index contributed by atoms with van der Waals surface area (Å²) in [5.74, 6) is -0.389. The molecule has 0 saturated heterocycles. The second-order valence-corrected chi connectivity index (χ2v) is 7.87. The molecule has 0 bridgehead atoms. The Hall–Kier alpha value is -1.54. The first-order valence-electron chi connectivity index (χ1n) is 7.46. The van der Waals surface area contributed by atoms with E-state index in [0.29, 0.717) is 11.1 Å². The molecule has 0 amide bonds. The maximum absolute atomic E-state index is 14.7. The summed E-state index contributed by atoms with van der Waals surface area (Å²) in [7, 11) is 0. The van der Waals surface area contributed by atoms with E-state index in [1.807, 2.05) is 6.07 Å². The fraction of sp³-hybridized carbons (Fsp3) is 0.368. The molecule has 1 aliphatic rings. The lowest BCUT2D eigenvalue weighted by molar-refractivity contribution is 0.403. The van der Waals surface area contributed by atoms with E-state index in [1.165, 1.54) is 0 Å². The molecule has 2 aromatic rings. The highest BCUT2D eigenvalue weighted by Crippen LogP contribution is 2.51. The van der Waals surface area contributed by atoms with E-state index in [-0.39, 0.29) is 27.4 Å². The van der Waals surface area contributed by atoms with Crippen LogP contribution in [0, 0.1) is 5.82 Å². The highest BCUT2D eigenvalue weighted by Gasteiger charge is 2.42. The topological polar surface area (TPSA) is 20.2 Å². The number of para-hydroxylation sites is 1. The molecule has 1 aliphatic carbocycles. The lowest BCUT2D eigenvalue weighted by Gasteiger charge is -2.22. The number of benzene rings is 2. The Kier molecular flexibility index (Phi) is 3.30. The molecular formula is C19H20ClFO. The molecule has 1 nitrogen and oxygen atoms in total. The van der Waals surface area contributed by atoms with Crippen LogP contribution in [0.1, 0.15) is 45.2 Å². The number of aromatic hydroxyl groups is 1. The Labute approximate surface area is 135 Å². The third-order valence-electron chi connectivity index (χ3n) is 4.73. The zero-order valence-corrected chi connectivity index (χ0v) is 14.1. The van der Waals surface area contributed by atoms with Gasteiger partial charge in [-0.25, -0.2) is 4.39 Å². The molecule has 22 heavy (non-hydrogen) atoms. The molecule has 0 unspecified atom stereocenters. The summed E-state index contributed by atoms with van der Waals surface area (Å²) >= 11 is 5.96. The minimum Gasteiger partial charge on any atom is -0.506 e. The zero-order valence-electron chi connectivity index (χ0n) is 13.3. The lowest BCUT2D eigenvalue weighted by atomic mass is 9.82. The summed E-state index contributed by atoms with van der Waals surface area (Å²) in [6.45, 7) is 8.66. The normalized spacial score (nSPS) is 18.3. The van der Waals surface area contributed by atoms with E-state index in [4.69, 9.17) is 11.6 Å². The van der Waals surface area contributed by atoms with Gasteiger partial charge in [0, 0.05) is 11.1 Å². The average molecular weight is 319 g/mol. The van der Waals surface area contributed by atoms with Crippen molar-refractivity contribution in [3.05, 3.63) is 52.3 Å². The smallest absolute Gasteiger partial charge is 0.142 e. The Balaban J connectivity index is 2.27. The first kappa shape index (κ1) is 15.4. The van der Waals surface area contributed by atoms with Gasteiger partial charge in [0.05, 0.1) is 5.02 Å². The van der Waals surface area contributed by atoms with Crippen molar-refractivity contribution < 1.29 is 9.50 Å². The van der Waals surface area contributed by atoms with Crippen molar-refractivity contribution in [1.82, 2.24) is 0 Å². The van der Waals surface area contributed by atoms with Gasteiger partial charge in [0.2, 0.25) is 0 Å². The quantitative estimate of drug-likeness (QED) is 0.703. The van der Waals surface area contributed by atoms with Gasteiger partial charge in [0.1, 0.15) is 11.6 Å². The average Bonchev–Trinajstić information content (AvgIpc) is 2.58. The van der Waals surface area contributed by atoms with Gasteiger partial charge in [0.25, 0.3) is 0 Å². The van der Waals surface area contributed by atoms with Gasteiger partial charge in [-0.1, -0.05) is 51.4 Å². The summed E-state index contributed by atoms with van der Waals surface area (Å²) in [6.07, 6.45) is 0.972. The van der Waals surface area contributed by atoms with E-state index >= 15 is 0 Å². The zero-order chi connectivity index (χ0) is 16.3. The van der Waals surface area contributed by atoms with Crippen molar-refractivity contribution in [2.45, 2.75) is 44.9 Å². The van der Waals surface area contributed by atoms with Gasteiger partial charge in [-0.15, -0.1) is 0 Å².